The number of ether oxygens (including phenoxy) is 2. The fourth-order valence-corrected chi connectivity index (χ4v) is 3.61. The summed E-state index contributed by atoms with van der Waals surface area (Å²) in [6, 6.07) is 5.72. The van der Waals surface area contributed by atoms with Crippen LogP contribution in [0.25, 0.3) is 11.3 Å². The number of nitrogens with zero attached hydrogens (tertiary/aromatic N) is 2. The Morgan fingerprint density at radius 2 is 2.14 bits per heavy atom. The van der Waals surface area contributed by atoms with E-state index in [0.717, 1.165) is 19.3 Å². The lowest BCUT2D eigenvalue weighted by Crippen LogP contribution is -2.38. The Hall–Kier alpha value is -2.74. The van der Waals surface area contributed by atoms with E-state index >= 15 is 0 Å². The van der Waals surface area contributed by atoms with Crippen molar-refractivity contribution in [3.05, 3.63) is 41.8 Å². The van der Waals surface area contributed by atoms with Gasteiger partial charge in [-0.05, 0) is 43.0 Å². The van der Waals surface area contributed by atoms with E-state index in [0.29, 0.717) is 36.5 Å². The summed E-state index contributed by atoms with van der Waals surface area (Å²) < 4.78 is 26.9. The first-order valence-corrected chi connectivity index (χ1v) is 9.52. The van der Waals surface area contributed by atoms with E-state index in [9.17, 15) is 14.0 Å². The molecule has 2 saturated heterocycles. The molecule has 2 aliphatic rings. The van der Waals surface area contributed by atoms with Crippen LogP contribution in [-0.2, 0) is 25.5 Å². The van der Waals surface area contributed by atoms with Crippen LogP contribution < -0.4 is 5.32 Å². The van der Waals surface area contributed by atoms with Crippen LogP contribution in [0.3, 0.4) is 0 Å². The van der Waals surface area contributed by atoms with Crippen molar-refractivity contribution in [3.8, 4) is 11.3 Å². The highest BCUT2D eigenvalue weighted by atomic mass is 19.1. The summed E-state index contributed by atoms with van der Waals surface area (Å²) in [5.74, 6) is -1.10. The second-order valence-corrected chi connectivity index (χ2v) is 7.05. The van der Waals surface area contributed by atoms with Crippen molar-refractivity contribution in [2.75, 3.05) is 13.2 Å². The highest BCUT2D eigenvalue weighted by molar-refractivity contribution is 5.86. The standard InChI is InChI=1S/C20H22FN3O4/c21-15-5-4-13(12-18(25)23-16-7-10-28-20(16)26)11-14(15)17-6-8-22-24(17)19-3-1-2-9-27-19/h4-6,8,11,16,19H,1-3,7,9-10,12H2,(H,23,25)/t16-,19-/m1/s1. The summed E-state index contributed by atoms with van der Waals surface area (Å²) in [7, 11) is 0. The lowest BCUT2D eigenvalue weighted by atomic mass is 10.0. The largest absolute Gasteiger partial charge is 0.464 e. The van der Waals surface area contributed by atoms with Gasteiger partial charge in [-0.1, -0.05) is 6.07 Å². The number of cyclic esters (lactones) is 1. The molecule has 148 valence electrons. The SMILES string of the molecule is O=C(Cc1ccc(F)c(-c2ccnn2[C@H]2CCCCO2)c1)N[C@@H]1CCOC1=O. The number of nitrogens with one attached hydrogen (secondary N) is 1. The third-order valence-electron chi connectivity index (χ3n) is 5.04. The smallest absolute Gasteiger partial charge is 0.328 e. The Kier molecular flexibility index (Phi) is 5.38. The minimum atomic E-state index is -0.600. The molecule has 2 atom stereocenters. The van der Waals surface area contributed by atoms with Crippen LogP contribution in [0.4, 0.5) is 4.39 Å². The van der Waals surface area contributed by atoms with E-state index in [1.165, 1.54) is 6.07 Å². The Balaban J connectivity index is 1.52. The van der Waals surface area contributed by atoms with Gasteiger partial charge in [-0.3, -0.25) is 4.79 Å². The van der Waals surface area contributed by atoms with Crippen molar-refractivity contribution in [2.24, 2.45) is 0 Å². The van der Waals surface area contributed by atoms with Gasteiger partial charge in [0.1, 0.15) is 11.9 Å². The van der Waals surface area contributed by atoms with Crippen LogP contribution in [0, 0.1) is 5.82 Å². The van der Waals surface area contributed by atoms with Gasteiger partial charge in [0.05, 0.1) is 18.7 Å². The molecule has 0 aliphatic carbocycles. The number of aromatic nitrogens is 2. The molecule has 7 nitrogen and oxygen atoms in total. The quantitative estimate of drug-likeness (QED) is 0.797. The van der Waals surface area contributed by atoms with Crippen LogP contribution in [0.2, 0.25) is 0 Å². The molecule has 1 amide bonds. The van der Waals surface area contributed by atoms with E-state index < -0.39 is 12.0 Å². The number of benzene rings is 1. The van der Waals surface area contributed by atoms with E-state index in [-0.39, 0.29) is 24.4 Å². The predicted octanol–water partition coefficient (Wildman–Crippen LogP) is 2.36. The van der Waals surface area contributed by atoms with Crippen molar-refractivity contribution in [2.45, 2.75) is 44.4 Å². The van der Waals surface area contributed by atoms with Crippen LogP contribution in [0.5, 0.6) is 0 Å². The lowest BCUT2D eigenvalue weighted by Gasteiger charge is -2.24. The van der Waals surface area contributed by atoms with Gasteiger partial charge in [0, 0.05) is 24.8 Å². The van der Waals surface area contributed by atoms with Gasteiger partial charge in [0.2, 0.25) is 5.91 Å². The molecule has 8 heteroatoms. The van der Waals surface area contributed by atoms with Gasteiger partial charge < -0.3 is 14.8 Å². The molecule has 28 heavy (non-hydrogen) atoms. The number of hydrogen-bond donors (Lipinski definition) is 1. The molecule has 0 saturated carbocycles. The molecule has 2 aromatic rings. The van der Waals surface area contributed by atoms with Crippen molar-refractivity contribution in [1.82, 2.24) is 15.1 Å². The molecule has 4 rings (SSSR count). The van der Waals surface area contributed by atoms with Gasteiger partial charge >= 0.3 is 5.97 Å². The summed E-state index contributed by atoms with van der Waals surface area (Å²) in [5, 5.41) is 6.98. The first-order chi connectivity index (χ1) is 13.6. The molecule has 2 fully saturated rings. The van der Waals surface area contributed by atoms with E-state index in [1.54, 1.807) is 29.1 Å². The molecule has 1 aromatic carbocycles. The number of amides is 1. The zero-order chi connectivity index (χ0) is 19.5. The first-order valence-electron chi connectivity index (χ1n) is 9.52. The topological polar surface area (TPSA) is 82.5 Å². The van der Waals surface area contributed by atoms with Crippen LogP contribution in [-0.4, -0.2) is 40.9 Å². The van der Waals surface area contributed by atoms with Crippen molar-refractivity contribution in [1.29, 1.82) is 0 Å². The lowest BCUT2D eigenvalue weighted by molar-refractivity contribution is -0.141. The maximum absolute atomic E-state index is 14.6. The Morgan fingerprint density at radius 3 is 2.89 bits per heavy atom. The van der Waals surface area contributed by atoms with Crippen LogP contribution in [0.1, 0.15) is 37.5 Å². The molecule has 2 aliphatic heterocycles. The summed E-state index contributed by atoms with van der Waals surface area (Å²) in [6.45, 7) is 0.980. The van der Waals surface area contributed by atoms with Crippen molar-refractivity contribution >= 4 is 11.9 Å². The maximum Gasteiger partial charge on any atom is 0.328 e. The molecule has 1 aromatic heterocycles. The Morgan fingerprint density at radius 1 is 1.25 bits per heavy atom. The molecule has 0 radical (unpaired) electrons. The zero-order valence-corrected chi connectivity index (χ0v) is 15.4. The minimum Gasteiger partial charge on any atom is -0.464 e. The van der Waals surface area contributed by atoms with Gasteiger partial charge in [-0.15, -0.1) is 0 Å². The number of carbonyl (C=O) groups is 2. The minimum absolute atomic E-state index is 0.0468. The Labute approximate surface area is 161 Å². The molecule has 0 unspecified atom stereocenters. The molecule has 1 N–H and O–H groups in total. The molecule has 0 spiro atoms. The second-order valence-electron chi connectivity index (χ2n) is 7.05. The van der Waals surface area contributed by atoms with Gasteiger partial charge in [-0.2, -0.15) is 5.10 Å². The monoisotopic (exact) mass is 387 g/mol. The molecule has 0 bridgehead atoms. The third kappa shape index (κ3) is 3.91. The van der Waals surface area contributed by atoms with E-state index in [2.05, 4.69) is 10.4 Å². The number of halogens is 1. The molecule has 3 heterocycles. The van der Waals surface area contributed by atoms with Gasteiger partial charge in [-0.25, -0.2) is 13.9 Å². The van der Waals surface area contributed by atoms with Gasteiger partial charge in [0.15, 0.2) is 6.23 Å². The van der Waals surface area contributed by atoms with Gasteiger partial charge in [0.25, 0.3) is 0 Å². The summed E-state index contributed by atoms with van der Waals surface area (Å²) >= 11 is 0. The number of hydrogen-bond acceptors (Lipinski definition) is 5. The fourth-order valence-electron chi connectivity index (χ4n) is 3.61. The molecular formula is C20H22FN3O4. The predicted molar refractivity (Wildman–Crippen MR) is 97.7 cm³/mol. The van der Waals surface area contributed by atoms with Crippen molar-refractivity contribution < 1.29 is 23.5 Å². The highest BCUT2D eigenvalue weighted by Gasteiger charge is 2.28. The zero-order valence-electron chi connectivity index (χ0n) is 15.4. The normalized spacial score (nSPS) is 22.1. The Bertz CT molecular complexity index is 876. The second kappa shape index (κ2) is 8.10. The van der Waals surface area contributed by atoms with Crippen molar-refractivity contribution in [3.63, 3.8) is 0 Å². The molecular weight excluding hydrogens is 365 g/mol. The first kappa shape index (κ1) is 18.6. The number of rotatable bonds is 5. The maximum atomic E-state index is 14.6. The highest BCUT2D eigenvalue weighted by Crippen LogP contribution is 2.30. The van der Waals surface area contributed by atoms with Crippen LogP contribution >= 0.6 is 0 Å². The van der Waals surface area contributed by atoms with E-state index in [4.69, 9.17) is 9.47 Å². The number of carbonyl (C=O) groups excluding carboxylic acids is 2. The van der Waals surface area contributed by atoms with Crippen LogP contribution in [0.15, 0.2) is 30.5 Å². The summed E-state index contributed by atoms with van der Waals surface area (Å²) in [6.07, 6.45) is 4.81. The number of esters is 1. The summed E-state index contributed by atoms with van der Waals surface area (Å²) in [5.41, 5.74) is 1.64. The average Bonchev–Trinajstić information content (AvgIpc) is 3.33. The fraction of sp³-hybridized carbons (Fsp3) is 0.450. The average molecular weight is 387 g/mol. The third-order valence-corrected chi connectivity index (χ3v) is 5.04. The van der Waals surface area contributed by atoms with E-state index in [1.807, 2.05) is 0 Å². The summed E-state index contributed by atoms with van der Waals surface area (Å²) in [4.78, 5) is 23.8.